The van der Waals surface area contributed by atoms with E-state index in [-0.39, 0.29) is 23.4 Å². The van der Waals surface area contributed by atoms with E-state index in [9.17, 15) is 18.0 Å². The van der Waals surface area contributed by atoms with Crippen molar-refractivity contribution in [2.24, 2.45) is 0 Å². The van der Waals surface area contributed by atoms with Crippen LogP contribution in [0.15, 0.2) is 71.6 Å². The van der Waals surface area contributed by atoms with E-state index in [2.05, 4.69) is 5.32 Å². The number of benzene rings is 3. The fourth-order valence-corrected chi connectivity index (χ4v) is 5.74. The van der Waals surface area contributed by atoms with E-state index in [1.54, 1.807) is 43.3 Å². The van der Waals surface area contributed by atoms with Gasteiger partial charge in [-0.05, 0) is 89.4 Å². The molecule has 208 valence electrons. The van der Waals surface area contributed by atoms with E-state index in [4.69, 9.17) is 0 Å². The van der Waals surface area contributed by atoms with Crippen LogP contribution < -0.4 is 9.62 Å². The normalized spacial score (nSPS) is 12.2. The Labute approximate surface area is 232 Å². The summed E-state index contributed by atoms with van der Waals surface area (Å²) in [6, 6.07) is 18.8. The maximum atomic E-state index is 14.0. The van der Waals surface area contributed by atoms with Crippen molar-refractivity contribution >= 4 is 27.5 Å². The molecule has 3 aromatic carbocycles. The first-order valence-electron chi connectivity index (χ1n) is 13.1. The molecule has 0 saturated heterocycles. The number of aryl methyl sites for hydroxylation is 4. The maximum Gasteiger partial charge on any atom is 0.264 e. The van der Waals surface area contributed by atoms with Gasteiger partial charge < -0.3 is 10.2 Å². The van der Waals surface area contributed by atoms with Gasteiger partial charge in [-0.25, -0.2) is 8.42 Å². The summed E-state index contributed by atoms with van der Waals surface area (Å²) in [5, 5.41) is 2.87. The zero-order chi connectivity index (χ0) is 28.9. The van der Waals surface area contributed by atoms with Gasteiger partial charge in [0.1, 0.15) is 12.6 Å². The molecule has 0 spiro atoms. The van der Waals surface area contributed by atoms with Gasteiger partial charge in [0.05, 0.1) is 10.6 Å². The monoisotopic (exact) mass is 549 g/mol. The van der Waals surface area contributed by atoms with Crippen LogP contribution >= 0.6 is 0 Å². The van der Waals surface area contributed by atoms with Gasteiger partial charge in [0.15, 0.2) is 0 Å². The molecule has 0 heterocycles. The Morgan fingerprint density at radius 2 is 1.28 bits per heavy atom. The molecule has 0 saturated carbocycles. The van der Waals surface area contributed by atoms with Gasteiger partial charge >= 0.3 is 0 Å². The summed E-state index contributed by atoms with van der Waals surface area (Å²) in [5.41, 5.74) is 5.00. The van der Waals surface area contributed by atoms with Crippen LogP contribution in [0.1, 0.15) is 48.6 Å². The summed E-state index contributed by atoms with van der Waals surface area (Å²) in [6.45, 7) is 12.7. The Morgan fingerprint density at radius 3 is 1.79 bits per heavy atom. The summed E-state index contributed by atoms with van der Waals surface area (Å²) in [5.74, 6) is -0.776. The van der Waals surface area contributed by atoms with Crippen LogP contribution in [-0.4, -0.2) is 43.8 Å². The molecule has 2 amide bonds. The van der Waals surface area contributed by atoms with Crippen LogP contribution in [0.4, 0.5) is 5.69 Å². The van der Waals surface area contributed by atoms with E-state index in [0.29, 0.717) is 5.69 Å². The highest BCUT2D eigenvalue weighted by Gasteiger charge is 2.32. The van der Waals surface area contributed by atoms with Crippen molar-refractivity contribution in [3.05, 3.63) is 94.5 Å². The highest BCUT2D eigenvalue weighted by Crippen LogP contribution is 2.27. The highest BCUT2D eigenvalue weighted by molar-refractivity contribution is 7.92. The van der Waals surface area contributed by atoms with Gasteiger partial charge in [-0.15, -0.1) is 0 Å². The standard InChI is InChI=1S/C31H39N3O4S/c1-21(2)32-31(36)26(7)33(19-27-12-8-22(3)9-13-27)30(35)20-34(28-17-24(5)16-25(6)18-28)39(37,38)29-14-10-23(4)11-15-29/h8-18,21,26H,19-20H2,1-7H3,(H,32,36). The van der Waals surface area contributed by atoms with Crippen molar-refractivity contribution in [1.82, 2.24) is 10.2 Å². The Morgan fingerprint density at radius 1 is 0.769 bits per heavy atom. The van der Waals surface area contributed by atoms with Crippen LogP contribution in [0.2, 0.25) is 0 Å². The van der Waals surface area contributed by atoms with E-state index in [0.717, 1.165) is 32.1 Å². The van der Waals surface area contributed by atoms with Crippen molar-refractivity contribution in [2.45, 2.75) is 72.0 Å². The van der Waals surface area contributed by atoms with E-state index >= 15 is 0 Å². The van der Waals surface area contributed by atoms with Crippen LogP contribution in [0, 0.1) is 27.7 Å². The number of anilines is 1. The zero-order valence-corrected chi connectivity index (χ0v) is 24.7. The molecule has 7 nitrogen and oxygen atoms in total. The van der Waals surface area contributed by atoms with Gasteiger partial charge in [-0.2, -0.15) is 0 Å². The number of hydrogen-bond donors (Lipinski definition) is 1. The molecule has 0 aliphatic heterocycles. The van der Waals surface area contributed by atoms with Crippen molar-refractivity contribution in [3.8, 4) is 0 Å². The lowest BCUT2D eigenvalue weighted by molar-refractivity contribution is -0.139. The largest absolute Gasteiger partial charge is 0.352 e. The Kier molecular flexibility index (Phi) is 9.56. The molecular formula is C31H39N3O4S. The number of carbonyl (C=O) groups excluding carboxylic acids is 2. The molecule has 1 atom stereocenters. The van der Waals surface area contributed by atoms with E-state index < -0.39 is 28.5 Å². The van der Waals surface area contributed by atoms with Gasteiger partial charge in [0, 0.05) is 12.6 Å². The van der Waals surface area contributed by atoms with Crippen molar-refractivity contribution in [1.29, 1.82) is 0 Å². The third kappa shape index (κ3) is 7.69. The zero-order valence-electron chi connectivity index (χ0n) is 23.9. The molecule has 3 aromatic rings. The molecule has 39 heavy (non-hydrogen) atoms. The lowest BCUT2D eigenvalue weighted by Gasteiger charge is -2.32. The minimum absolute atomic E-state index is 0.0933. The average molecular weight is 550 g/mol. The van der Waals surface area contributed by atoms with Crippen LogP contribution in [0.5, 0.6) is 0 Å². The molecule has 0 aliphatic rings. The summed E-state index contributed by atoms with van der Waals surface area (Å²) < 4.78 is 29.0. The first-order valence-corrected chi connectivity index (χ1v) is 14.5. The minimum Gasteiger partial charge on any atom is -0.352 e. The Hall–Kier alpha value is -3.65. The third-order valence-corrected chi connectivity index (χ3v) is 8.24. The fraction of sp³-hybridized carbons (Fsp3) is 0.355. The fourth-order valence-electron chi connectivity index (χ4n) is 4.34. The molecule has 0 aromatic heterocycles. The van der Waals surface area contributed by atoms with Crippen LogP contribution in [-0.2, 0) is 26.2 Å². The number of amides is 2. The number of carbonyl (C=O) groups is 2. The van der Waals surface area contributed by atoms with Crippen LogP contribution in [0.3, 0.4) is 0 Å². The molecule has 8 heteroatoms. The van der Waals surface area contributed by atoms with Gasteiger partial charge in [0.25, 0.3) is 10.0 Å². The maximum absolute atomic E-state index is 14.0. The molecule has 0 fully saturated rings. The Balaban J connectivity index is 2.06. The van der Waals surface area contributed by atoms with Gasteiger partial charge in [0.2, 0.25) is 11.8 Å². The van der Waals surface area contributed by atoms with Gasteiger partial charge in [-0.1, -0.05) is 53.6 Å². The predicted octanol–water partition coefficient (Wildman–Crippen LogP) is 5.06. The molecule has 0 aliphatic carbocycles. The molecule has 0 radical (unpaired) electrons. The summed E-state index contributed by atoms with van der Waals surface area (Å²) in [6.07, 6.45) is 0. The molecule has 1 N–H and O–H groups in total. The van der Waals surface area contributed by atoms with Crippen molar-refractivity contribution in [2.75, 3.05) is 10.8 Å². The summed E-state index contributed by atoms with van der Waals surface area (Å²) >= 11 is 0. The molecule has 0 bridgehead atoms. The lowest BCUT2D eigenvalue weighted by atomic mass is 10.1. The number of sulfonamides is 1. The number of nitrogens with one attached hydrogen (secondary N) is 1. The molecule has 1 unspecified atom stereocenters. The Bertz CT molecular complexity index is 1390. The summed E-state index contributed by atoms with van der Waals surface area (Å²) in [7, 11) is -4.09. The molecule has 3 rings (SSSR count). The number of rotatable bonds is 10. The number of nitrogens with zero attached hydrogens (tertiary/aromatic N) is 2. The smallest absolute Gasteiger partial charge is 0.264 e. The lowest BCUT2D eigenvalue weighted by Crippen LogP contribution is -2.52. The highest BCUT2D eigenvalue weighted by atomic mass is 32.2. The van der Waals surface area contributed by atoms with Gasteiger partial charge in [-0.3, -0.25) is 13.9 Å². The van der Waals surface area contributed by atoms with E-state index in [1.807, 2.05) is 71.9 Å². The second-order valence-corrected chi connectivity index (χ2v) is 12.4. The van der Waals surface area contributed by atoms with Crippen molar-refractivity contribution < 1.29 is 18.0 Å². The topological polar surface area (TPSA) is 86.8 Å². The summed E-state index contributed by atoms with van der Waals surface area (Å²) in [4.78, 5) is 28.5. The van der Waals surface area contributed by atoms with E-state index in [1.165, 1.54) is 4.90 Å². The predicted molar refractivity (Wildman–Crippen MR) is 156 cm³/mol. The van der Waals surface area contributed by atoms with Crippen LogP contribution in [0.25, 0.3) is 0 Å². The number of hydrogen-bond acceptors (Lipinski definition) is 4. The SMILES string of the molecule is Cc1ccc(CN(C(=O)CN(c2cc(C)cc(C)c2)S(=O)(=O)c2ccc(C)cc2)C(C)C(=O)NC(C)C)cc1. The van der Waals surface area contributed by atoms with Crippen molar-refractivity contribution in [3.63, 3.8) is 0 Å². The second-order valence-electron chi connectivity index (χ2n) is 10.5. The average Bonchev–Trinajstić information content (AvgIpc) is 2.85. The first kappa shape index (κ1) is 29.9. The quantitative estimate of drug-likeness (QED) is 0.383. The third-order valence-electron chi connectivity index (χ3n) is 6.45. The minimum atomic E-state index is -4.09. The first-order chi connectivity index (χ1) is 18.3. The molecular weight excluding hydrogens is 510 g/mol. The second kappa shape index (κ2) is 12.5.